The third-order valence-electron chi connectivity index (χ3n) is 4.72. The van der Waals surface area contributed by atoms with Crippen molar-refractivity contribution in [2.45, 2.75) is 19.8 Å². The molecule has 3 N–H and O–H groups in total. The van der Waals surface area contributed by atoms with Crippen LogP contribution in [0.15, 0.2) is 34.2 Å². The molecule has 0 amide bonds. The largest absolute Gasteiger partial charge is 0.493 e. The van der Waals surface area contributed by atoms with Gasteiger partial charge in [0.05, 0.1) is 16.8 Å². The van der Waals surface area contributed by atoms with Crippen molar-refractivity contribution in [2.24, 2.45) is 10.9 Å². The first kappa shape index (κ1) is 16.9. The molecule has 0 atom stereocenters. The summed E-state index contributed by atoms with van der Waals surface area (Å²) in [6.07, 6.45) is 5.77. The summed E-state index contributed by atoms with van der Waals surface area (Å²) in [5.41, 5.74) is 2.03. The molecule has 0 aromatic carbocycles. The van der Waals surface area contributed by atoms with Crippen molar-refractivity contribution in [1.29, 1.82) is 0 Å². The van der Waals surface area contributed by atoms with Gasteiger partial charge < -0.3 is 10.1 Å². The molecule has 0 bridgehead atoms. The molecule has 5 rings (SSSR count). The van der Waals surface area contributed by atoms with Crippen molar-refractivity contribution in [2.75, 3.05) is 6.54 Å². The van der Waals surface area contributed by atoms with E-state index < -0.39 is 5.69 Å². The summed E-state index contributed by atoms with van der Waals surface area (Å²) in [5.74, 6) is 0.451. The maximum absolute atomic E-state index is 11.4. The first-order valence-electron chi connectivity index (χ1n) is 9.06. The predicted octanol–water partition coefficient (Wildman–Crippen LogP) is 1.35. The van der Waals surface area contributed by atoms with E-state index in [2.05, 4.69) is 34.1 Å². The number of imidazole rings is 1. The van der Waals surface area contributed by atoms with Gasteiger partial charge in [0.2, 0.25) is 5.88 Å². The SMILES string of the molecule is Cc1ccc(-c2cc(=NCC3CC3)n3nc/c(=C/c4[nH]c(=O)[nH]c4O)c3n2)s1. The molecule has 4 heterocycles. The molecule has 1 aliphatic rings. The predicted molar refractivity (Wildman–Crippen MR) is 106 cm³/mol. The number of rotatable bonds is 4. The van der Waals surface area contributed by atoms with Crippen molar-refractivity contribution in [1.82, 2.24) is 24.6 Å². The van der Waals surface area contributed by atoms with Crippen LogP contribution >= 0.6 is 11.3 Å². The summed E-state index contributed by atoms with van der Waals surface area (Å²) in [4.78, 5) is 28.1. The van der Waals surface area contributed by atoms with Crippen LogP contribution in [-0.2, 0) is 0 Å². The fourth-order valence-electron chi connectivity index (χ4n) is 3.05. The molecular formula is C19H18N6O2S. The number of thiophene rings is 1. The Morgan fingerprint density at radius 3 is 2.93 bits per heavy atom. The van der Waals surface area contributed by atoms with E-state index in [-0.39, 0.29) is 11.6 Å². The Bertz CT molecular complexity index is 1360. The normalized spacial score (nSPS) is 15.8. The standard InChI is InChI=1S/C19H18N6O2S/c1-10-2-5-15(28-10)13-7-16(20-8-11-3-4-11)25-17(22-13)12(9-21-25)6-14-18(26)24-19(27)23-14/h2,5-7,9,11,26H,3-4,8H2,1H3,(H2,23,24,27)/b12-6-,20-16?. The van der Waals surface area contributed by atoms with Crippen molar-refractivity contribution in [3.05, 3.63) is 56.2 Å². The minimum absolute atomic E-state index is 0.215. The van der Waals surface area contributed by atoms with Crippen LogP contribution in [0.4, 0.5) is 0 Å². The van der Waals surface area contributed by atoms with Gasteiger partial charge >= 0.3 is 5.69 Å². The Morgan fingerprint density at radius 2 is 2.25 bits per heavy atom. The van der Waals surface area contributed by atoms with Gasteiger partial charge in [0.1, 0.15) is 5.69 Å². The van der Waals surface area contributed by atoms with Gasteiger partial charge in [-0.05, 0) is 43.9 Å². The summed E-state index contributed by atoms with van der Waals surface area (Å²) in [7, 11) is 0. The Balaban J connectivity index is 1.74. The Kier molecular flexibility index (Phi) is 3.90. The average Bonchev–Trinajstić information content (AvgIpc) is 3.11. The van der Waals surface area contributed by atoms with E-state index in [9.17, 15) is 9.90 Å². The van der Waals surface area contributed by atoms with Gasteiger partial charge in [-0.15, -0.1) is 11.3 Å². The monoisotopic (exact) mass is 394 g/mol. The number of hydrogen-bond donors (Lipinski definition) is 3. The van der Waals surface area contributed by atoms with Gasteiger partial charge in [-0.25, -0.2) is 9.78 Å². The lowest BCUT2D eigenvalue weighted by atomic mass is 10.3. The second-order valence-corrected chi connectivity index (χ2v) is 8.30. The lowest BCUT2D eigenvalue weighted by molar-refractivity contribution is 0.454. The number of aromatic amines is 2. The second-order valence-electron chi connectivity index (χ2n) is 7.02. The van der Waals surface area contributed by atoms with Crippen molar-refractivity contribution < 1.29 is 5.11 Å². The quantitative estimate of drug-likeness (QED) is 0.485. The zero-order valence-corrected chi connectivity index (χ0v) is 16.0. The van der Waals surface area contributed by atoms with Crippen LogP contribution < -0.4 is 16.4 Å². The van der Waals surface area contributed by atoms with E-state index in [1.54, 1.807) is 28.1 Å². The zero-order chi connectivity index (χ0) is 19.3. The Labute approximate surface area is 162 Å². The molecule has 8 nitrogen and oxygen atoms in total. The topological polar surface area (TPSA) is 111 Å². The van der Waals surface area contributed by atoms with E-state index in [1.807, 2.05) is 6.07 Å². The van der Waals surface area contributed by atoms with Crippen molar-refractivity contribution >= 4 is 23.1 Å². The summed E-state index contributed by atoms with van der Waals surface area (Å²) in [5, 5.41) is 15.0. The van der Waals surface area contributed by atoms with E-state index in [0.717, 1.165) is 22.6 Å². The van der Waals surface area contributed by atoms with Crippen molar-refractivity contribution in [3.63, 3.8) is 0 Å². The van der Waals surface area contributed by atoms with Gasteiger partial charge in [-0.1, -0.05) is 0 Å². The molecule has 1 fully saturated rings. The van der Waals surface area contributed by atoms with Gasteiger partial charge in [0.15, 0.2) is 11.1 Å². The van der Waals surface area contributed by atoms with E-state index in [4.69, 9.17) is 9.98 Å². The molecule has 1 saturated carbocycles. The van der Waals surface area contributed by atoms with Crippen LogP contribution in [0.25, 0.3) is 22.3 Å². The average molecular weight is 394 g/mol. The number of nitrogens with zero attached hydrogens (tertiary/aromatic N) is 4. The number of aryl methyl sites for hydroxylation is 1. The highest BCUT2D eigenvalue weighted by atomic mass is 32.1. The van der Waals surface area contributed by atoms with E-state index in [1.165, 1.54) is 17.7 Å². The van der Waals surface area contributed by atoms with Gasteiger partial charge in [0, 0.05) is 22.7 Å². The first-order chi connectivity index (χ1) is 13.6. The minimum atomic E-state index is -0.469. The third-order valence-corrected chi connectivity index (χ3v) is 5.74. The number of fused-ring (bicyclic) bond motifs is 1. The van der Waals surface area contributed by atoms with E-state index >= 15 is 0 Å². The molecule has 4 aromatic rings. The van der Waals surface area contributed by atoms with Crippen LogP contribution in [-0.4, -0.2) is 36.2 Å². The highest BCUT2D eigenvalue weighted by Crippen LogP contribution is 2.29. The maximum Gasteiger partial charge on any atom is 0.326 e. The zero-order valence-electron chi connectivity index (χ0n) is 15.1. The van der Waals surface area contributed by atoms with Crippen LogP contribution in [0.3, 0.4) is 0 Å². The summed E-state index contributed by atoms with van der Waals surface area (Å²) < 4.78 is 1.71. The highest BCUT2D eigenvalue weighted by molar-refractivity contribution is 7.15. The maximum atomic E-state index is 11.4. The molecule has 0 spiro atoms. The molecule has 28 heavy (non-hydrogen) atoms. The Morgan fingerprint density at radius 1 is 1.39 bits per heavy atom. The first-order valence-corrected chi connectivity index (χ1v) is 9.87. The van der Waals surface area contributed by atoms with Crippen LogP contribution in [0, 0.1) is 12.8 Å². The molecule has 0 unspecified atom stereocenters. The number of aromatic hydroxyl groups is 1. The molecule has 0 saturated heterocycles. The number of H-pyrrole nitrogens is 2. The summed E-state index contributed by atoms with van der Waals surface area (Å²) in [6.45, 7) is 2.85. The second kappa shape index (κ2) is 6.45. The minimum Gasteiger partial charge on any atom is -0.493 e. The van der Waals surface area contributed by atoms with Gasteiger partial charge in [0.25, 0.3) is 0 Å². The molecule has 4 aromatic heterocycles. The fourth-order valence-corrected chi connectivity index (χ4v) is 3.88. The number of nitrogens with one attached hydrogen (secondary N) is 2. The van der Waals surface area contributed by atoms with Crippen LogP contribution in [0.2, 0.25) is 0 Å². The fraction of sp³-hybridized carbons (Fsp3) is 0.263. The van der Waals surface area contributed by atoms with Crippen molar-refractivity contribution in [3.8, 4) is 16.5 Å². The smallest absolute Gasteiger partial charge is 0.326 e. The molecule has 0 radical (unpaired) electrons. The molecule has 9 heteroatoms. The molecule has 0 aliphatic heterocycles. The van der Waals surface area contributed by atoms with E-state index in [0.29, 0.717) is 16.8 Å². The van der Waals surface area contributed by atoms with Crippen LogP contribution in [0.1, 0.15) is 23.4 Å². The highest BCUT2D eigenvalue weighted by Gasteiger charge is 2.20. The third kappa shape index (κ3) is 3.13. The summed E-state index contributed by atoms with van der Waals surface area (Å²) >= 11 is 1.68. The number of hydrogen-bond acceptors (Lipinski definition) is 6. The number of aromatic nitrogens is 5. The molecule has 1 aliphatic carbocycles. The lowest BCUT2D eigenvalue weighted by Crippen LogP contribution is -2.19. The Hall–Kier alpha value is -3.20. The van der Waals surface area contributed by atoms with Gasteiger partial charge in [-0.3, -0.25) is 9.98 Å². The molecule has 142 valence electrons. The lowest BCUT2D eigenvalue weighted by Gasteiger charge is -2.01. The molecular weight excluding hydrogens is 376 g/mol. The van der Waals surface area contributed by atoms with Crippen LogP contribution in [0.5, 0.6) is 5.88 Å². The van der Waals surface area contributed by atoms with Gasteiger partial charge in [-0.2, -0.15) is 9.61 Å². The summed E-state index contributed by atoms with van der Waals surface area (Å²) in [6, 6.07) is 6.09.